The summed E-state index contributed by atoms with van der Waals surface area (Å²) in [5.74, 6) is -0.406. The van der Waals surface area contributed by atoms with Crippen molar-refractivity contribution in [2.45, 2.75) is 65.8 Å². The zero-order chi connectivity index (χ0) is 26.9. The molecule has 2 rings (SSSR count). The van der Waals surface area contributed by atoms with E-state index in [1.54, 1.807) is 90.1 Å². The molecule has 0 fully saturated rings. The van der Waals surface area contributed by atoms with Gasteiger partial charge in [0, 0.05) is 18.8 Å². The zero-order valence-electron chi connectivity index (χ0n) is 21.7. The van der Waals surface area contributed by atoms with Crippen molar-refractivity contribution in [1.82, 2.24) is 10.2 Å². The van der Waals surface area contributed by atoms with Crippen LogP contribution in [-0.4, -0.2) is 40.7 Å². The number of nitrogens with zero attached hydrogens (tertiary/aromatic N) is 2. The Bertz CT molecular complexity index is 1110. The van der Waals surface area contributed by atoms with Gasteiger partial charge >= 0.3 is 12.2 Å². The third-order valence-electron chi connectivity index (χ3n) is 4.49. The number of benzene rings is 2. The Labute approximate surface area is 212 Å². The molecule has 0 aliphatic carbocycles. The first-order chi connectivity index (χ1) is 16.7. The Hall–Kier alpha value is -4.06. The van der Waals surface area contributed by atoms with Gasteiger partial charge in [0.05, 0.1) is 11.6 Å². The predicted molar refractivity (Wildman–Crippen MR) is 136 cm³/mol. The van der Waals surface area contributed by atoms with Gasteiger partial charge in [0.25, 0.3) is 0 Å². The van der Waals surface area contributed by atoms with Crippen molar-refractivity contribution < 1.29 is 23.9 Å². The average Bonchev–Trinajstić information content (AvgIpc) is 2.76. The van der Waals surface area contributed by atoms with Gasteiger partial charge in [-0.15, -0.1) is 0 Å². The summed E-state index contributed by atoms with van der Waals surface area (Å²) in [6.45, 7) is 10.8. The average molecular weight is 495 g/mol. The normalized spacial score (nSPS) is 11.1. The first-order valence-corrected chi connectivity index (χ1v) is 11.6. The molecule has 192 valence electrons. The van der Waals surface area contributed by atoms with Gasteiger partial charge in [-0.25, -0.2) is 9.59 Å². The number of rotatable bonds is 7. The molecule has 9 nitrogen and oxygen atoms in total. The number of ether oxygens (including phenoxy) is 2. The van der Waals surface area contributed by atoms with E-state index in [0.717, 1.165) is 5.56 Å². The summed E-state index contributed by atoms with van der Waals surface area (Å²) in [5, 5.41) is 14.6. The highest BCUT2D eigenvalue weighted by atomic mass is 16.6. The predicted octanol–water partition coefficient (Wildman–Crippen LogP) is 4.96. The molecule has 0 unspecified atom stereocenters. The van der Waals surface area contributed by atoms with E-state index in [4.69, 9.17) is 14.7 Å². The maximum Gasteiger partial charge on any atom is 0.411 e. The van der Waals surface area contributed by atoms with Crippen LogP contribution >= 0.6 is 0 Å². The van der Waals surface area contributed by atoms with Crippen molar-refractivity contribution in [1.29, 1.82) is 5.26 Å². The lowest BCUT2D eigenvalue weighted by Gasteiger charge is -2.27. The smallest absolute Gasteiger partial charge is 0.411 e. The number of hydrogen-bond donors (Lipinski definition) is 2. The Morgan fingerprint density at radius 2 is 1.56 bits per heavy atom. The van der Waals surface area contributed by atoms with Crippen LogP contribution in [0.15, 0.2) is 48.5 Å². The Morgan fingerprint density at radius 1 is 0.917 bits per heavy atom. The van der Waals surface area contributed by atoms with Gasteiger partial charge in [-0.1, -0.05) is 24.3 Å². The molecule has 2 aromatic carbocycles. The molecule has 0 spiro atoms. The molecule has 2 aromatic rings. The summed E-state index contributed by atoms with van der Waals surface area (Å²) in [4.78, 5) is 38.6. The summed E-state index contributed by atoms with van der Waals surface area (Å²) in [7, 11) is 0. The molecule has 0 radical (unpaired) electrons. The zero-order valence-corrected chi connectivity index (χ0v) is 21.7. The molecule has 0 aliphatic heterocycles. The number of alkyl carbamates (subject to hydrolysis) is 1. The van der Waals surface area contributed by atoms with Crippen LogP contribution in [-0.2, 0) is 27.4 Å². The monoisotopic (exact) mass is 494 g/mol. The van der Waals surface area contributed by atoms with Crippen LogP contribution in [0, 0.1) is 11.3 Å². The quantitative estimate of drug-likeness (QED) is 0.561. The molecule has 3 amide bonds. The number of hydrogen-bond acceptors (Lipinski definition) is 6. The summed E-state index contributed by atoms with van der Waals surface area (Å²) in [5.41, 5.74) is 1.22. The number of carbonyl (C=O) groups is 3. The van der Waals surface area contributed by atoms with Gasteiger partial charge < -0.3 is 20.1 Å². The Kier molecular flexibility index (Phi) is 9.45. The summed E-state index contributed by atoms with van der Waals surface area (Å²) >= 11 is 0. The third kappa shape index (κ3) is 10.5. The minimum Gasteiger partial charge on any atom is -0.444 e. The lowest BCUT2D eigenvalue weighted by atomic mass is 10.1. The SMILES string of the molecule is CC(C)(C)OC(=O)NCc1ccc(NC(=O)CN(Cc2cccc(C#N)c2)C(=O)OC(C)(C)C)cc1. The summed E-state index contributed by atoms with van der Waals surface area (Å²) < 4.78 is 10.7. The molecule has 36 heavy (non-hydrogen) atoms. The minimum atomic E-state index is -0.733. The second-order valence-electron chi connectivity index (χ2n) is 10.2. The van der Waals surface area contributed by atoms with E-state index in [0.29, 0.717) is 16.8 Å². The van der Waals surface area contributed by atoms with Gasteiger partial charge in [0.2, 0.25) is 5.91 Å². The maximum atomic E-state index is 12.8. The molecule has 0 heterocycles. The van der Waals surface area contributed by atoms with Crippen molar-refractivity contribution in [3.63, 3.8) is 0 Å². The second-order valence-corrected chi connectivity index (χ2v) is 10.2. The minimum absolute atomic E-state index is 0.104. The first kappa shape index (κ1) is 28.2. The molecular weight excluding hydrogens is 460 g/mol. The van der Waals surface area contributed by atoms with Gasteiger partial charge in [-0.2, -0.15) is 5.26 Å². The second kappa shape index (κ2) is 12.1. The van der Waals surface area contributed by atoms with Crippen LogP contribution in [0.5, 0.6) is 0 Å². The van der Waals surface area contributed by atoms with E-state index in [9.17, 15) is 14.4 Å². The van der Waals surface area contributed by atoms with E-state index in [1.165, 1.54) is 4.90 Å². The molecule has 0 bridgehead atoms. The van der Waals surface area contributed by atoms with Crippen molar-refractivity contribution in [2.24, 2.45) is 0 Å². The Morgan fingerprint density at radius 3 is 2.14 bits per heavy atom. The molecule has 2 N–H and O–H groups in total. The van der Waals surface area contributed by atoms with E-state index < -0.39 is 29.3 Å². The van der Waals surface area contributed by atoms with Crippen molar-refractivity contribution in [2.75, 3.05) is 11.9 Å². The van der Waals surface area contributed by atoms with Gasteiger partial charge in [0.15, 0.2) is 0 Å². The van der Waals surface area contributed by atoms with E-state index in [1.807, 2.05) is 0 Å². The molecule has 0 saturated heterocycles. The topological polar surface area (TPSA) is 121 Å². The molecule has 9 heteroatoms. The Balaban J connectivity index is 2.02. The third-order valence-corrected chi connectivity index (χ3v) is 4.49. The lowest BCUT2D eigenvalue weighted by molar-refractivity contribution is -0.117. The van der Waals surface area contributed by atoms with E-state index >= 15 is 0 Å². The largest absolute Gasteiger partial charge is 0.444 e. The highest BCUT2D eigenvalue weighted by molar-refractivity contribution is 5.93. The van der Waals surface area contributed by atoms with Crippen LogP contribution in [0.2, 0.25) is 0 Å². The molecule has 0 aromatic heterocycles. The van der Waals surface area contributed by atoms with Gasteiger partial charge in [-0.3, -0.25) is 9.69 Å². The molecule has 0 aliphatic rings. The van der Waals surface area contributed by atoms with Crippen molar-refractivity contribution >= 4 is 23.8 Å². The van der Waals surface area contributed by atoms with Crippen molar-refractivity contribution in [3.05, 3.63) is 65.2 Å². The number of amides is 3. The molecule has 0 saturated carbocycles. The van der Waals surface area contributed by atoms with Crippen LogP contribution < -0.4 is 10.6 Å². The number of carbonyl (C=O) groups excluding carboxylic acids is 3. The van der Waals surface area contributed by atoms with Gasteiger partial charge in [-0.05, 0) is 76.9 Å². The van der Waals surface area contributed by atoms with Gasteiger partial charge in [0.1, 0.15) is 17.7 Å². The summed E-state index contributed by atoms with van der Waals surface area (Å²) in [6.07, 6.45) is -1.15. The fourth-order valence-corrected chi connectivity index (χ4v) is 3.04. The molecular formula is C27H34N4O5. The standard InChI is InChI=1S/C27H34N4O5/c1-26(2,3)35-24(33)29-16-19-10-12-22(13-11-19)30-23(32)18-31(25(34)36-27(4,5)6)17-21-9-7-8-20(14-21)15-28/h7-14H,16-18H2,1-6H3,(H,29,33)(H,30,32). The van der Waals surface area contributed by atoms with Crippen LogP contribution in [0.4, 0.5) is 15.3 Å². The highest BCUT2D eigenvalue weighted by Crippen LogP contribution is 2.15. The van der Waals surface area contributed by atoms with Crippen LogP contribution in [0.3, 0.4) is 0 Å². The highest BCUT2D eigenvalue weighted by Gasteiger charge is 2.24. The molecule has 0 atom stereocenters. The van der Waals surface area contributed by atoms with Crippen LogP contribution in [0.25, 0.3) is 0 Å². The van der Waals surface area contributed by atoms with E-state index in [2.05, 4.69) is 16.7 Å². The summed E-state index contributed by atoms with van der Waals surface area (Å²) in [6, 6.07) is 15.9. The number of anilines is 1. The van der Waals surface area contributed by atoms with Crippen molar-refractivity contribution in [3.8, 4) is 6.07 Å². The van der Waals surface area contributed by atoms with E-state index in [-0.39, 0.29) is 19.6 Å². The fraction of sp³-hybridized carbons (Fsp3) is 0.407. The van der Waals surface area contributed by atoms with Crippen LogP contribution in [0.1, 0.15) is 58.2 Å². The number of nitriles is 1. The number of nitrogens with one attached hydrogen (secondary N) is 2. The fourth-order valence-electron chi connectivity index (χ4n) is 3.04. The first-order valence-electron chi connectivity index (χ1n) is 11.6. The maximum absolute atomic E-state index is 12.8. The lowest BCUT2D eigenvalue weighted by Crippen LogP contribution is -2.41.